The minimum absolute atomic E-state index is 0.00735. The van der Waals surface area contributed by atoms with E-state index in [0.29, 0.717) is 63.4 Å². The molecule has 6 nitrogen and oxygen atoms in total. The lowest BCUT2D eigenvalue weighted by atomic mass is 9.84. The van der Waals surface area contributed by atoms with E-state index < -0.39 is 17.6 Å². The van der Waals surface area contributed by atoms with Crippen LogP contribution in [0.5, 0.6) is 0 Å². The lowest BCUT2D eigenvalue weighted by Gasteiger charge is -2.36. The number of rotatable bonds is 6. The molecule has 1 N–H and O–H groups in total. The van der Waals surface area contributed by atoms with Gasteiger partial charge in [0.15, 0.2) is 0 Å². The van der Waals surface area contributed by atoms with Gasteiger partial charge in [0.25, 0.3) is 0 Å². The lowest BCUT2D eigenvalue weighted by Crippen LogP contribution is -2.44. The maximum atomic E-state index is 15.0. The second kappa shape index (κ2) is 13.0. The Balaban J connectivity index is 1.33. The molecule has 0 spiro atoms. The standard InChI is InChI=1S/C31H37F3IN3O3/c1-18-13-25(30(35)36-19(2)39)24(15-28(18)33)20-5-9-37(10-6-20)31(40)27-17-38(22-7-11-41-12-8-22)16-26(27)23-4-3-21(32)14-29(23)34/h3-4,13-15,20,22,26-27,30H,5-12,16-17H2,1-2H3,(H,36,39)/t26?,27?,30-/m1/s1. The number of nitrogens with one attached hydrogen (secondary N) is 1. The third-order valence-corrected chi connectivity index (χ3v) is 9.93. The number of hydrogen-bond donors (Lipinski definition) is 1. The summed E-state index contributed by atoms with van der Waals surface area (Å²) in [5, 5.41) is 2.90. The van der Waals surface area contributed by atoms with Gasteiger partial charge in [-0.25, -0.2) is 13.2 Å². The Bertz CT molecular complexity index is 1280. The average Bonchev–Trinajstić information content (AvgIpc) is 3.39. The molecule has 2 unspecified atom stereocenters. The molecule has 0 radical (unpaired) electrons. The van der Waals surface area contributed by atoms with Crippen molar-refractivity contribution < 1.29 is 27.5 Å². The number of carbonyl (C=O) groups excluding carboxylic acids is 2. The van der Waals surface area contributed by atoms with Gasteiger partial charge < -0.3 is 15.0 Å². The quantitative estimate of drug-likeness (QED) is 0.246. The van der Waals surface area contributed by atoms with Gasteiger partial charge in [-0.3, -0.25) is 14.5 Å². The molecule has 222 valence electrons. The summed E-state index contributed by atoms with van der Waals surface area (Å²) in [4.78, 5) is 29.9. The number of aryl methyl sites for hydroxylation is 1. The highest BCUT2D eigenvalue weighted by Crippen LogP contribution is 2.40. The van der Waals surface area contributed by atoms with E-state index in [1.165, 1.54) is 19.1 Å². The maximum Gasteiger partial charge on any atom is 0.227 e. The highest BCUT2D eigenvalue weighted by molar-refractivity contribution is 14.1. The van der Waals surface area contributed by atoms with E-state index in [-0.39, 0.29) is 39.6 Å². The third kappa shape index (κ3) is 6.74. The van der Waals surface area contributed by atoms with Crippen molar-refractivity contribution in [3.05, 3.63) is 70.0 Å². The highest BCUT2D eigenvalue weighted by atomic mass is 127. The van der Waals surface area contributed by atoms with Crippen LogP contribution in [0.2, 0.25) is 0 Å². The van der Waals surface area contributed by atoms with Crippen LogP contribution in [-0.2, 0) is 14.3 Å². The molecule has 3 atom stereocenters. The molecule has 2 aromatic rings. The number of hydrogen-bond acceptors (Lipinski definition) is 4. The van der Waals surface area contributed by atoms with Gasteiger partial charge in [0.05, 0.1) is 5.92 Å². The Labute approximate surface area is 253 Å². The SMILES string of the molecule is CC(=O)N[C@@H](I)c1cc(C)c(F)cc1C1CCN(C(=O)C2CN(C3CCOCC3)CC2c2ccc(F)cc2F)CC1. The van der Waals surface area contributed by atoms with E-state index in [9.17, 15) is 22.8 Å². The van der Waals surface area contributed by atoms with Crippen LogP contribution in [0.15, 0.2) is 30.3 Å². The van der Waals surface area contributed by atoms with Crippen LogP contribution in [0.3, 0.4) is 0 Å². The van der Waals surface area contributed by atoms with Crippen molar-refractivity contribution in [1.82, 2.24) is 15.1 Å². The molecule has 10 heteroatoms. The van der Waals surface area contributed by atoms with Gasteiger partial charge in [-0.05, 0) is 72.9 Å². The number of nitrogens with zero attached hydrogens (tertiary/aromatic N) is 2. The van der Waals surface area contributed by atoms with Crippen molar-refractivity contribution in [1.29, 1.82) is 0 Å². The van der Waals surface area contributed by atoms with Crippen molar-refractivity contribution in [2.24, 2.45) is 5.92 Å². The number of likely N-dealkylation sites (tertiary alicyclic amines) is 2. The van der Waals surface area contributed by atoms with Crippen LogP contribution in [0.1, 0.15) is 70.7 Å². The van der Waals surface area contributed by atoms with Crippen LogP contribution >= 0.6 is 22.6 Å². The first-order valence-corrected chi connectivity index (χ1v) is 15.6. The van der Waals surface area contributed by atoms with Crippen LogP contribution in [-0.4, -0.2) is 67.0 Å². The van der Waals surface area contributed by atoms with Crippen LogP contribution in [0.25, 0.3) is 0 Å². The summed E-state index contributed by atoms with van der Waals surface area (Å²) in [6.45, 7) is 6.62. The molecular formula is C31H37F3IN3O3. The van der Waals surface area contributed by atoms with E-state index in [0.717, 1.165) is 30.0 Å². The largest absolute Gasteiger partial charge is 0.381 e. The van der Waals surface area contributed by atoms with Crippen LogP contribution in [0, 0.1) is 30.3 Å². The molecular weight excluding hydrogens is 646 g/mol. The smallest absolute Gasteiger partial charge is 0.227 e. The first-order valence-electron chi connectivity index (χ1n) is 14.4. The molecule has 2 aromatic carbocycles. The van der Waals surface area contributed by atoms with E-state index in [4.69, 9.17) is 4.74 Å². The molecule has 3 fully saturated rings. The fraction of sp³-hybridized carbons (Fsp3) is 0.548. The predicted molar refractivity (Wildman–Crippen MR) is 158 cm³/mol. The number of halogens is 4. The van der Waals surface area contributed by atoms with E-state index in [1.807, 2.05) is 4.90 Å². The van der Waals surface area contributed by atoms with Gasteiger partial charge in [-0.15, -0.1) is 0 Å². The van der Waals surface area contributed by atoms with Gasteiger partial charge in [0, 0.05) is 64.3 Å². The van der Waals surface area contributed by atoms with Crippen LogP contribution < -0.4 is 5.32 Å². The number of alkyl halides is 1. The molecule has 3 saturated heterocycles. The first-order chi connectivity index (χ1) is 19.6. The zero-order chi connectivity index (χ0) is 29.3. The Morgan fingerprint density at radius 3 is 2.34 bits per heavy atom. The normalized spacial score (nSPS) is 23.5. The van der Waals surface area contributed by atoms with Crippen molar-refractivity contribution in [2.75, 3.05) is 39.4 Å². The van der Waals surface area contributed by atoms with Crippen molar-refractivity contribution in [2.45, 2.75) is 61.5 Å². The molecule has 3 aliphatic rings. The molecule has 5 rings (SSSR count). The molecule has 3 heterocycles. The Kier molecular flexibility index (Phi) is 9.60. The Morgan fingerprint density at radius 2 is 1.68 bits per heavy atom. The van der Waals surface area contributed by atoms with Gasteiger partial charge in [0.1, 0.15) is 21.5 Å². The predicted octanol–water partition coefficient (Wildman–Crippen LogP) is 5.58. The summed E-state index contributed by atoms with van der Waals surface area (Å²) in [6, 6.07) is 7.31. The molecule has 0 aliphatic carbocycles. The number of carbonyl (C=O) groups is 2. The molecule has 0 bridgehead atoms. The summed E-state index contributed by atoms with van der Waals surface area (Å²) in [6.07, 6.45) is 3.07. The van der Waals surface area contributed by atoms with Crippen molar-refractivity contribution >= 4 is 34.4 Å². The number of ether oxygens (including phenoxy) is 1. The van der Waals surface area contributed by atoms with E-state index in [1.54, 1.807) is 19.1 Å². The van der Waals surface area contributed by atoms with Gasteiger partial charge in [-0.1, -0.05) is 34.7 Å². The van der Waals surface area contributed by atoms with Gasteiger partial charge in [0.2, 0.25) is 11.8 Å². The Hall–Kier alpha value is -2.18. The monoisotopic (exact) mass is 683 g/mol. The summed E-state index contributed by atoms with van der Waals surface area (Å²) in [5.41, 5.74) is 2.67. The first kappa shape index (κ1) is 30.3. The molecule has 41 heavy (non-hydrogen) atoms. The van der Waals surface area contributed by atoms with Crippen molar-refractivity contribution in [3.63, 3.8) is 0 Å². The third-order valence-electron chi connectivity index (χ3n) is 8.95. The zero-order valence-electron chi connectivity index (χ0n) is 23.5. The highest BCUT2D eigenvalue weighted by Gasteiger charge is 2.44. The molecule has 3 aliphatic heterocycles. The van der Waals surface area contributed by atoms with Crippen molar-refractivity contribution in [3.8, 4) is 0 Å². The zero-order valence-corrected chi connectivity index (χ0v) is 25.6. The maximum absolute atomic E-state index is 15.0. The summed E-state index contributed by atoms with van der Waals surface area (Å²) in [5.74, 6) is -2.43. The number of amides is 2. The average molecular weight is 684 g/mol. The summed E-state index contributed by atoms with van der Waals surface area (Å²) in [7, 11) is 0. The number of benzene rings is 2. The molecule has 2 amide bonds. The van der Waals surface area contributed by atoms with E-state index >= 15 is 0 Å². The summed E-state index contributed by atoms with van der Waals surface area (Å²) < 4.78 is 48.6. The van der Waals surface area contributed by atoms with Crippen LogP contribution in [0.4, 0.5) is 13.2 Å². The number of piperidine rings is 1. The lowest BCUT2D eigenvalue weighted by molar-refractivity contribution is -0.136. The topological polar surface area (TPSA) is 61.9 Å². The van der Waals surface area contributed by atoms with E-state index in [2.05, 4.69) is 32.8 Å². The second-order valence-corrected chi connectivity index (χ2v) is 12.8. The molecule has 0 aromatic heterocycles. The minimum atomic E-state index is -0.630. The fourth-order valence-corrected chi connectivity index (χ4v) is 7.72. The van der Waals surface area contributed by atoms with Gasteiger partial charge in [-0.2, -0.15) is 0 Å². The minimum Gasteiger partial charge on any atom is -0.381 e. The second-order valence-electron chi connectivity index (χ2n) is 11.6. The molecule has 0 saturated carbocycles. The van der Waals surface area contributed by atoms with Gasteiger partial charge >= 0.3 is 0 Å². The fourth-order valence-electron chi connectivity index (χ4n) is 6.74. The summed E-state index contributed by atoms with van der Waals surface area (Å²) >= 11 is 2.16. The Morgan fingerprint density at radius 1 is 0.976 bits per heavy atom.